The predicted molar refractivity (Wildman–Crippen MR) is 84.7 cm³/mol. The van der Waals surface area contributed by atoms with Crippen LogP contribution in [-0.2, 0) is 0 Å². The van der Waals surface area contributed by atoms with E-state index in [0.717, 1.165) is 22.0 Å². The van der Waals surface area contributed by atoms with Gasteiger partial charge in [-0.05, 0) is 43.2 Å². The van der Waals surface area contributed by atoms with Crippen LogP contribution in [0.1, 0.15) is 30.9 Å². The second-order valence-electron chi connectivity index (χ2n) is 5.04. The van der Waals surface area contributed by atoms with Crippen LogP contribution in [-0.4, -0.2) is 7.11 Å². The Hall–Kier alpha value is -1.61. The largest absolute Gasteiger partial charge is 0.497 e. The molecule has 2 aromatic rings. The minimum Gasteiger partial charge on any atom is -0.497 e. The third-order valence-corrected chi connectivity index (χ3v) is 3.82. The van der Waals surface area contributed by atoms with Crippen molar-refractivity contribution in [3.63, 3.8) is 0 Å². The Morgan fingerprint density at radius 3 is 2.30 bits per heavy atom. The zero-order valence-electron chi connectivity index (χ0n) is 12.3. The molecule has 0 heterocycles. The molecule has 0 bridgehead atoms. The van der Waals surface area contributed by atoms with Crippen LogP contribution >= 0.6 is 12.0 Å². The summed E-state index contributed by atoms with van der Waals surface area (Å²) in [6.07, 6.45) is 0. The molecule has 0 saturated carbocycles. The second kappa shape index (κ2) is 6.71. The molecule has 0 saturated heterocycles. The maximum atomic E-state index is 5.88. The second-order valence-corrected chi connectivity index (χ2v) is 5.84. The molecule has 20 heavy (non-hydrogen) atoms. The van der Waals surface area contributed by atoms with Gasteiger partial charge in [0.1, 0.15) is 11.5 Å². The minimum atomic E-state index is 0.388. The van der Waals surface area contributed by atoms with Gasteiger partial charge in [-0.25, -0.2) is 0 Å². The molecule has 106 valence electrons. The first-order chi connectivity index (χ1) is 9.60. The summed E-state index contributed by atoms with van der Waals surface area (Å²) in [5, 5.41) is 0. The number of rotatable bonds is 5. The van der Waals surface area contributed by atoms with Gasteiger partial charge in [0.05, 0.1) is 19.2 Å². The molecule has 0 N–H and O–H groups in total. The van der Waals surface area contributed by atoms with Crippen LogP contribution in [0.15, 0.2) is 47.4 Å². The van der Waals surface area contributed by atoms with Crippen LogP contribution in [0.2, 0.25) is 0 Å². The molecule has 0 aromatic heterocycles. The van der Waals surface area contributed by atoms with Crippen LogP contribution in [0.3, 0.4) is 0 Å². The van der Waals surface area contributed by atoms with Gasteiger partial charge in [0.2, 0.25) is 0 Å². The van der Waals surface area contributed by atoms with E-state index in [1.807, 2.05) is 18.2 Å². The summed E-state index contributed by atoms with van der Waals surface area (Å²) in [7, 11) is 1.68. The van der Waals surface area contributed by atoms with Crippen LogP contribution < -0.4 is 8.92 Å². The van der Waals surface area contributed by atoms with Crippen LogP contribution in [0, 0.1) is 6.92 Å². The third-order valence-electron chi connectivity index (χ3n) is 3.09. The lowest BCUT2D eigenvalue weighted by molar-refractivity contribution is 0.413. The molecular formula is C17H20O2S. The Balaban J connectivity index is 2.14. The van der Waals surface area contributed by atoms with E-state index in [-0.39, 0.29) is 0 Å². The van der Waals surface area contributed by atoms with Crippen molar-refractivity contribution in [2.75, 3.05) is 7.11 Å². The Bertz CT molecular complexity index is 562. The van der Waals surface area contributed by atoms with E-state index in [1.54, 1.807) is 7.11 Å². The summed E-state index contributed by atoms with van der Waals surface area (Å²) in [5.41, 5.74) is 2.41. The Morgan fingerprint density at radius 1 is 1.00 bits per heavy atom. The van der Waals surface area contributed by atoms with Gasteiger partial charge in [-0.1, -0.05) is 31.5 Å². The fourth-order valence-electron chi connectivity index (χ4n) is 1.87. The van der Waals surface area contributed by atoms with Gasteiger partial charge < -0.3 is 8.92 Å². The number of benzene rings is 2. The van der Waals surface area contributed by atoms with Crippen LogP contribution in [0.25, 0.3) is 0 Å². The van der Waals surface area contributed by atoms with Crippen molar-refractivity contribution in [1.29, 1.82) is 0 Å². The molecule has 0 radical (unpaired) electrons. The van der Waals surface area contributed by atoms with Gasteiger partial charge >= 0.3 is 0 Å². The zero-order chi connectivity index (χ0) is 14.5. The normalized spacial score (nSPS) is 10.7. The van der Waals surface area contributed by atoms with E-state index in [9.17, 15) is 0 Å². The smallest absolute Gasteiger partial charge is 0.141 e. The predicted octanol–water partition coefficient (Wildman–Crippen LogP) is 5.21. The van der Waals surface area contributed by atoms with Crippen molar-refractivity contribution in [3.05, 3.63) is 53.6 Å². The molecule has 0 aliphatic heterocycles. The zero-order valence-corrected chi connectivity index (χ0v) is 13.2. The summed E-state index contributed by atoms with van der Waals surface area (Å²) in [5.74, 6) is 2.14. The Labute approximate surface area is 125 Å². The fraction of sp³-hybridized carbons (Fsp3) is 0.294. The first-order valence-electron chi connectivity index (χ1n) is 6.69. The Morgan fingerprint density at radius 2 is 1.70 bits per heavy atom. The van der Waals surface area contributed by atoms with Gasteiger partial charge in [0.15, 0.2) is 0 Å². The molecule has 2 aromatic carbocycles. The van der Waals surface area contributed by atoms with Gasteiger partial charge in [-0.15, -0.1) is 0 Å². The average Bonchev–Trinajstić information content (AvgIpc) is 2.46. The maximum Gasteiger partial charge on any atom is 0.141 e. The molecule has 2 nitrogen and oxygen atoms in total. The van der Waals surface area contributed by atoms with Crippen LogP contribution in [0.4, 0.5) is 0 Å². The topological polar surface area (TPSA) is 18.5 Å². The highest BCUT2D eigenvalue weighted by atomic mass is 32.2. The lowest BCUT2D eigenvalue weighted by Crippen LogP contribution is -1.94. The van der Waals surface area contributed by atoms with Crippen LogP contribution in [0.5, 0.6) is 11.5 Å². The van der Waals surface area contributed by atoms with E-state index < -0.39 is 0 Å². The van der Waals surface area contributed by atoms with E-state index in [0.29, 0.717) is 5.92 Å². The summed E-state index contributed by atoms with van der Waals surface area (Å²) in [6, 6.07) is 14.2. The lowest BCUT2D eigenvalue weighted by atomic mass is 10.0. The summed E-state index contributed by atoms with van der Waals surface area (Å²) < 4.78 is 11.2. The van der Waals surface area contributed by atoms with E-state index in [4.69, 9.17) is 8.92 Å². The van der Waals surface area contributed by atoms with Gasteiger partial charge in [-0.3, -0.25) is 0 Å². The maximum absolute atomic E-state index is 5.88. The molecule has 0 fully saturated rings. The van der Waals surface area contributed by atoms with Crippen molar-refractivity contribution in [1.82, 2.24) is 0 Å². The van der Waals surface area contributed by atoms with E-state index in [2.05, 4.69) is 45.0 Å². The molecule has 0 aliphatic rings. The molecule has 0 aliphatic carbocycles. The molecule has 0 spiro atoms. The number of methoxy groups -OCH3 is 1. The van der Waals surface area contributed by atoms with Crippen molar-refractivity contribution in [3.8, 4) is 11.5 Å². The SMILES string of the molecule is COc1ccc(OSc2ccc(C)cc2)c(C(C)C)c1. The fourth-order valence-corrected chi connectivity index (χ4v) is 2.45. The minimum absolute atomic E-state index is 0.388. The summed E-state index contributed by atoms with van der Waals surface area (Å²) >= 11 is 1.39. The van der Waals surface area contributed by atoms with E-state index >= 15 is 0 Å². The molecule has 0 atom stereocenters. The summed E-state index contributed by atoms with van der Waals surface area (Å²) in [6.45, 7) is 6.38. The highest BCUT2D eigenvalue weighted by Gasteiger charge is 2.10. The van der Waals surface area contributed by atoms with Crippen molar-refractivity contribution >= 4 is 12.0 Å². The highest BCUT2D eigenvalue weighted by Crippen LogP contribution is 2.34. The van der Waals surface area contributed by atoms with Gasteiger partial charge in [0, 0.05) is 10.5 Å². The molecular weight excluding hydrogens is 268 g/mol. The molecule has 3 heteroatoms. The van der Waals surface area contributed by atoms with Gasteiger partial charge in [0.25, 0.3) is 0 Å². The Kier molecular flexibility index (Phi) is 4.96. The van der Waals surface area contributed by atoms with Crippen molar-refractivity contribution < 1.29 is 8.92 Å². The number of hydrogen-bond acceptors (Lipinski definition) is 3. The van der Waals surface area contributed by atoms with Gasteiger partial charge in [-0.2, -0.15) is 0 Å². The van der Waals surface area contributed by atoms with E-state index in [1.165, 1.54) is 17.6 Å². The monoisotopic (exact) mass is 288 g/mol. The van der Waals surface area contributed by atoms with Crippen molar-refractivity contribution in [2.24, 2.45) is 0 Å². The highest BCUT2D eigenvalue weighted by molar-refractivity contribution is 7.95. The van der Waals surface area contributed by atoms with Crippen molar-refractivity contribution in [2.45, 2.75) is 31.6 Å². The molecule has 0 amide bonds. The first kappa shape index (κ1) is 14.8. The number of ether oxygens (including phenoxy) is 1. The average molecular weight is 288 g/mol. The standard InChI is InChI=1S/C17H20O2S/c1-12(2)16-11-14(18-4)7-10-17(16)19-20-15-8-5-13(3)6-9-15/h5-12H,1-4H3. The summed E-state index contributed by atoms with van der Waals surface area (Å²) in [4.78, 5) is 1.10. The molecule has 2 rings (SSSR count). The first-order valence-corrected chi connectivity index (χ1v) is 7.43. The lowest BCUT2D eigenvalue weighted by Gasteiger charge is -2.14. The quantitative estimate of drug-likeness (QED) is 0.703. The number of aryl methyl sites for hydroxylation is 1. The third kappa shape index (κ3) is 3.70. The molecule has 0 unspecified atom stereocenters. The number of hydrogen-bond donors (Lipinski definition) is 0.